The maximum atomic E-state index is 13.5. The number of rotatable bonds is 8. The molecule has 0 bridgehead atoms. The van der Waals surface area contributed by atoms with Gasteiger partial charge in [-0.25, -0.2) is 4.98 Å². The third-order valence-corrected chi connectivity index (χ3v) is 8.55. The van der Waals surface area contributed by atoms with Crippen molar-refractivity contribution in [2.45, 2.75) is 10.1 Å². The topological polar surface area (TPSA) is 71.1 Å². The lowest BCUT2D eigenvalue weighted by molar-refractivity contribution is -0.115. The average molecular weight is 572 g/mol. The van der Waals surface area contributed by atoms with Crippen molar-refractivity contribution < 1.29 is 9.59 Å². The fourth-order valence-corrected chi connectivity index (χ4v) is 6.18. The van der Waals surface area contributed by atoms with Crippen molar-refractivity contribution >= 4 is 56.5 Å². The standard InChI is InChI=1S/C34H25N3O2S2/c38-32(27-16-15-23-9-7-8-14-26(23)21-27)35-28-17-19-29(20-18-28)41-31(25-12-5-2-6-13-25)33(39)37-34-36-30(22-40-34)24-10-3-1-4-11-24/h1-22,31H,(H,35,38)(H,36,37,39). The van der Waals surface area contributed by atoms with Gasteiger partial charge in [-0.2, -0.15) is 0 Å². The Morgan fingerprint density at radius 1 is 0.707 bits per heavy atom. The van der Waals surface area contributed by atoms with Gasteiger partial charge in [0, 0.05) is 27.1 Å². The summed E-state index contributed by atoms with van der Waals surface area (Å²) in [6, 6.07) is 40.8. The van der Waals surface area contributed by atoms with Crippen molar-refractivity contribution in [2.24, 2.45) is 0 Å². The normalized spacial score (nSPS) is 11.6. The van der Waals surface area contributed by atoms with Crippen molar-refractivity contribution in [3.05, 3.63) is 144 Å². The van der Waals surface area contributed by atoms with E-state index in [9.17, 15) is 9.59 Å². The molecule has 0 aliphatic heterocycles. The zero-order valence-corrected chi connectivity index (χ0v) is 23.5. The molecule has 0 radical (unpaired) electrons. The fraction of sp³-hybridized carbons (Fsp3) is 0.0294. The number of hydrogen-bond acceptors (Lipinski definition) is 5. The maximum Gasteiger partial charge on any atom is 0.255 e. The number of thiazole rings is 1. The Balaban J connectivity index is 1.15. The van der Waals surface area contributed by atoms with Gasteiger partial charge in [-0.1, -0.05) is 91.0 Å². The molecule has 0 fully saturated rings. The number of benzene rings is 5. The molecule has 0 aliphatic carbocycles. The molecule has 5 aromatic carbocycles. The molecule has 200 valence electrons. The monoisotopic (exact) mass is 571 g/mol. The minimum absolute atomic E-state index is 0.149. The van der Waals surface area contributed by atoms with Crippen LogP contribution in [0.25, 0.3) is 22.0 Å². The molecule has 5 nitrogen and oxygen atoms in total. The summed E-state index contributed by atoms with van der Waals surface area (Å²) in [5, 5.41) is 10.1. The van der Waals surface area contributed by atoms with E-state index in [0.29, 0.717) is 16.4 Å². The van der Waals surface area contributed by atoms with Crippen LogP contribution in [0.15, 0.2) is 138 Å². The third kappa shape index (κ3) is 6.38. The molecule has 7 heteroatoms. The highest BCUT2D eigenvalue weighted by atomic mass is 32.2. The second-order valence-corrected chi connectivity index (χ2v) is 11.4. The van der Waals surface area contributed by atoms with Crippen molar-refractivity contribution in [1.29, 1.82) is 0 Å². The summed E-state index contributed by atoms with van der Waals surface area (Å²) in [4.78, 5) is 31.9. The van der Waals surface area contributed by atoms with Crippen LogP contribution in [0.2, 0.25) is 0 Å². The summed E-state index contributed by atoms with van der Waals surface area (Å²) >= 11 is 2.86. The van der Waals surface area contributed by atoms with E-state index in [2.05, 4.69) is 15.6 Å². The molecule has 1 atom stereocenters. The molecule has 2 N–H and O–H groups in total. The van der Waals surface area contributed by atoms with Crippen LogP contribution in [-0.2, 0) is 4.79 Å². The van der Waals surface area contributed by atoms with E-state index < -0.39 is 5.25 Å². The zero-order valence-electron chi connectivity index (χ0n) is 21.9. The number of hydrogen-bond donors (Lipinski definition) is 2. The van der Waals surface area contributed by atoms with Gasteiger partial charge in [0.2, 0.25) is 5.91 Å². The number of amides is 2. The van der Waals surface area contributed by atoms with Gasteiger partial charge in [0.25, 0.3) is 5.91 Å². The lowest BCUT2D eigenvalue weighted by Crippen LogP contribution is -2.19. The van der Waals surface area contributed by atoms with Gasteiger partial charge in [0.15, 0.2) is 5.13 Å². The molecule has 6 rings (SSSR count). The number of aromatic nitrogens is 1. The van der Waals surface area contributed by atoms with Gasteiger partial charge in [-0.3, -0.25) is 9.59 Å². The van der Waals surface area contributed by atoms with Crippen molar-refractivity contribution in [3.63, 3.8) is 0 Å². The highest BCUT2D eigenvalue weighted by molar-refractivity contribution is 8.00. The molecule has 0 saturated heterocycles. The number of nitrogens with one attached hydrogen (secondary N) is 2. The minimum Gasteiger partial charge on any atom is -0.322 e. The number of carbonyl (C=O) groups excluding carboxylic acids is 2. The van der Waals surface area contributed by atoms with Gasteiger partial charge >= 0.3 is 0 Å². The summed E-state index contributed by atoms with van der Waals surface area (Å²) in [5.41, 5.74) is 4.01. The maximum absolute atomic E-state index is 13.5. The Bertz CT molecular complexity index is 1800. The van der Waals surface area contributed by atoms with Crippen molar-refractivity contribution in [1.82, 2.24) is 4.98 Å². The number of nitrogens with zero attached hydrogens (tertiary/aromatic N) is 1. The molecular weight excluding hydrogens is 547 g/mol. The van der Waals surface area contributed by atoms with E-state index in [4.69, 9.17) is 0 Å². The van der Waals surface area contributed by atoms with Crippen LogP contribution in [0.5, 0.6) is 0 Å². The van der Waals surface area contributed by atoms with Crippen molar-refractivity contribution in [2.75, 3.05) is 10.6 Å². The van der Waals surface area contributed by atoms with E-state index in [1.54, 1.807) is 0 Å². The first-order chi connectivity index (χ1) is 20.1. The average Bonchev–Trinajstić information content (AvgIpc) is 3.49. The zero-order chi connectivity index (χ0) is 28.0. The predicted octanol–water partition coefficient (Wildman–Crippen LogP) is 8.69. The molecule has 0 aliphatic rings. The Morgan fingerprint density at radius 3 is 2.15 bits per heavy atom. The van der Waals surface area contributed by atoms with Crippen LogP contribution in [0.3, 0.4) is 0 Å². The molecule has 2 amide bonds. The second-order valence-electron chi connectivity index (χ2n) is 9.34. The van der Waals surface area contributed by atoms with E-state index >= 15 is 0 Å². The SMILES string of the molecule is O=C(Nc1ccc(SC(C(=O)Nc2nc(-c3ccccc3)cs2)c2ccccc2)cc1)c1ccc2ccccc2c1. The van der Waals surface area contributed by atoms with E-state index in [1.807, 2.05) is 133 Å². The van der Waals surface area contributed by atoms with Crippen LogP contribution in [0.4, 0.5) is 10.8 Å². The largest absolute Gasteiger partial charge is 0.322 e. The third-order valence-electron chi connectivity index (χ3n) is 6.52. The highest BCUT2D eigenvalue weighted by Gasteiger charge is 2.23. The van der Waals surface area contributed by atoms with E-state index in [0.717, 1.165) is 32.5 Å². The number of anilines is 2. The Hall–Kier alpha value is -4.72. The van der Waals surface area contributed by atoms with Crippen LogP contribution in [-0.4, -0.2) is 16.8 Å². The first kappa shape index (κ1) is 26.5. The Morgan fingerprint density at radius 2 is 1.39 bits per heavy atom. The molecule has 1 heterocycles. The van der Waals surface area contributed by atoms with Crippen molar-refractivity contribution in [3.8, 4) is 11.3 Å². The van der Waals surface area contributed by atoms with Gasteiger partial charge in [0.1, 0.15) is 5.25 Å². The Kier molecular flexibility index (Phi) is 7.89. The highest BCUT2D eigenvalue weighted by Crippen LogP contribution is 2.37. The van der Waals surface area contributed by atoms with Gasteiger partial charge in [-0.05, 0) is 52.7 Å². The van der Waals surface area contributed by atoms with E-state index in [-0.39, 0.29) is 11.8 Å². The summed E-state index contributed by atoms with van der Waals surface area (Å²) in [7, 11) is 0. The first-order valence-corrected chi connectivity index (χ1v) is 14.8. The van der Waals surface area contributed by atoms with Crippen LogP contribution < -0.4 is 10.6 Å². The van der Waals surface area contributed by atoms with E-state index in [1.165, 1.54) is 23.1 Å². The smallest absolute Gasteiger partial charge is 0.255 e. The van der Waals surface area contributed by atoms with Crippen LogP contribution in [0.1, 0.15) is 21.2 Å². The second kappa shape index (κ2) is 12.2. The van der Waals surface area contributed by atoms with Gasteiger partial charge < -0.3 is 10.6 Å². The lowest BCUT2D eigenvalue weighted by Gasteiger charge is -2.16. The summed E-state index contributed by atoms with van der Waals surface area (Å²) in [6.45, 7) is 0. The molecule has 0 saturated carbocycles. The Labute approximate surface area is 246 Å². The molecule has 41 heavy (non-hydrogen) atoms. The van der Waals surface area contributed by atoms with Gasteiger partial charge in [0.05, 0.1) is 5.69 Å². The van der Waals surface area contributed by atoms with Crippen LogP contribution >= 0.6 is 23.1 Å². The number of carbonyl (C=O) groups is 2. The number of fused-ring (bicyclic) bond motifs is 1. The molecule has 0 spiro atoms. The van der Waals surface area contributed by atoms with Gasteiger partial charge in [-0.15, -0.1) is 23.1 Å². The molecular formula is C34H25N3O2S2. The lowest BCUT2D eigenvalue weighted by atomic mass is 10.1. The quantitative estimate of drug-likeness (QED) is 0.179. The fourth-order valence-electron chi connectivity index (χ4n) is 4.43. The summed E-state index contributed by atoms with van der Waals surface area (Å²) in [6.07, 6.45) is 0. The summed E-state index contributed by atoms with van der Waals surface area (Å²) < 4.78 is 0. The predicted molar refractivity (Wildman–Crippen MR) is 170 cm³/mol. The number of thioether (sulfide) groups is 1. The first-order valence-electron chi connectivity index (χ1n) is 13.1. The minimum atomic E-state index is -0.488. The summed E-state index contributed by atoms with van der Waals surface area (Å²) in [5.74, 6) is -0.320. The molecule has 6 aromatic rings. The van der Waals surface area contributed by atoms with Crippen LogP contribution in [0, 0.1) is 0 Å². The molecule has 1 aromatic heterocycles. The molecule has 1 unspecified atom stereocenters.